The van der Waals surface area contributed by atoms with Gasteiger partial charge in [0, 0.05) is 10.7 Å². The Kier molecular flexibility index (Phi) is 4.64. The number of halogens is 1. The first-order valence-corrected chi connectivity index (χ1v) is 7.88. The van der Waals surface area contributed by atoms with Crippen molar-refractivity contribution in [3.8, 4) is 5.75 Å². The van der Waals surface area contributed by atoms with Crippen LogP contribution < -0.4 is 10.1 Å². The molecule has 1 amide bonds. The average Bonchev–Trinajstić information content (AvgIpc) is 2.53. The van der Waals surface area contributed by atoms with E-state index in [9.17, 15) is 4.79 Å². The van der Waals surface area contributed by atoms with Crippen LogP contribution in [0.5, 0.6) is 5.75 Å². The van der Waals surface area contributed by atoms with Crippen molar-refractivity contribution < 1.29 is 9.53 Å². The highest BCUT2D eigenvalue weighted by Gasteiger charge is 2.10. The molecule has 3 rings (SSSR count). The number of aryl methyl sites for hydroxylation is 2. The molecule has 0 saturated heterocycles. The van der Waals surface area contributed by atoms with E-state index in [-0.39, 0.29) is 12.5 Å². The summed E-state index contributed by atoms with van der Waals surface area (Å²) < 4.78 is 5.59. The van der Waals surface area contributed by atoms with Crippen LogP contribution >= 0.6 is 11.6 Å². The summed E-state index contributed by atoms with van der Waals surface area (Å²) in [4.78, 5) is 11.9. The van der Waals surface area contributed by atoms with Crippen molar-refractivity contribution in [2.24, 2.45) is 0 Å². The zero-order valence-electron chi connectivity index (χ0n) is 12.3. The van der Waals surface area contributed by atoms with Crippen LogP contribution in [-0.2, 0) is 17.6 Å². The first-order chi connectivity index (χ1) is 10.7. The number of hydrogen-bond acceptors (Lipinski definition) is 2. The summed E-state index contributed by atoms with van der Waals surface area (Å²) in [6, 6.07) is 13.2. The SMILES string of the molecule is O=C(COc1ccc2c(c1)CCCC2)Nc1cccc(Cl)c1. The van der Waals surface area contributed by atoms with Crippen LogP contribution in [0.3, 0.4) is 0 Å². The highest BCUT2D eigenvalue weighted by atomic mass is 35.5. The van der Waals surface area contributed by atoms with Crippen LogP contribution in [0.4, 0.5) is 5.69 Å². The zero-order chi connectivity index (χ0) is 15.4. The largest absolute Gasteiger partial charge is 0.484 e. The standard InChI is InChI=1S/C18H18ClNO2/c19-15-6-3-7-16(11-15)20-18(21)12-22-17-9-8-13-4-1-2-5-14(13)10-17/h3,6-11H,1-2,4-5,12H2,(H,20,21). The minimum atomic E-state index is -0.194. The topological polar surface area (TPSA) is 38.3 Å². The second kappa shape index (κ2) is 6.84. The molecule has 1 N–H and O–H groups in total. The van der Waals surface area contributed by atoms with E-state index in [1.165, 1.54) is 24.0 Å². The van der Waals surface area contributed by atoms with E-state index in [4.69, 9.17) is 16.3 Å². The van der Waals surface area contributed by atoms with Gasteiger partial charge in [-0.05, 0) is 67.1 Å². The summed E-state index contributed by atoms with van der Waals surface area (Å²) in [5, 5.41) is 3.36. The van der Waals surface area contributed by atoms with Crippen molar-refractivity contribution in [2.45, 2.75) is 25.7 Å². The maximum absolute atomic E-state index is 11.9. The number of carbonyl (C=O) groups excluding carboxylic acids is 1. The van der Waals surface area contributed by atoms with Gasteiger partial charge in [0.2, 0.25) is 0 Å². The van der Waals surface area contributed by atoms with Crippen molar-refractivity contribution in [3.63, 3.8) is 0 Å². The van der Waals surface area contributed by atoms with Gasteiger partial charge in [-0.3, -0.25) is 4.79 Å². The molecule has 4 heteroatoms. The van der Waals surface area contributed by atoms with Crippen LogP contribution in [0.15, 0.2) is 42.5 Å². The van der Waals surface area contributed by atoms with Gasteiger partial charge in [-0.25, -0.2) is 0 Å². The zero-order valence-corrected chi connectivity index (χ0v) is 13.0. The fraction of sp³-hybridized carbons (Fsp3) is 0.278. The Bertz CT molecular complexity index is 685. The Morgan fingerprint density at radius 1 is 1.09 bits per heavy atom. The molecule has 0 heterocycles. The first kappa shape index (κ1) is 14.9. The number of amides is 1. The van der Waals surface area contributed by atoms with Gasteiger partial charge in [-0.1, -0.05) is 23.7 Å². The Morgan fingerprint density at radius 2 is 1.91 bits per heavy atom. The molecule has 2 aromatic rings. The smallest absolute Gasteiger partial charge is 0.262 e. The van der Waals surface area contributed by atoms with E-state index in [0.29, 0.717) is 10.7 Å². The van der Waals surface area contributed by atoms with Gasteiger partial charge in [0.25, 0.3) is 5.91 Å². The normalized spacial score (nSPS) is 13.3. The van der Waals surface area contributed by atoms with Gasteiger partial charge < -0.3 is 10.1 Å². The molecular weight excluding hydrogens is 298 g/mol. The molecule has 0 fully saturated rings. The Labute approximate surface area is 135 Å². The molecule has 3 nitrogen and oxygen atoms in total. The van der Waals surface area contributed by atoms with Gasteiger partial charge in [-0.15, -0.1) is 0 Å². The maximum Gasteiger partial charge on any atom is 0.262 e. The number of nitrogens with one attached hydrogen (secondary N) is 1. The van der Waals surface area contributed by atoms with E-state index in [1.807, 2.05) is 6.07 Å². The lowest BCUT2D eigenvalue weighted by molar-refractivity contribution is -0.118. The number of ether oxygens (including phenoxy) is 1. The predicted octanol–water partition coefficient (Wildman–Crippen LogP) is 4.24. The molecule has 0 radical (unpaired) electrons. The van der Waals surface area contributed by atoms with E-state index < -0.39 is 0 Å². The first-order valence-electron chi connectivity index (χ1n) is 7.51. The van der Waals surface area contributed by atoms with Gasteiger partial charge in [0.05, 0.1) is 0 Å². The molecule has 0 unspecified atom stereocenters. The van der Waals surface area contributed by atoms with Crippen LogP contribution in [0, 0.1) is 0 Å². The predicted molar refractivity (Wildman–Crippen MR) is 88.7 cm³/mol. The van der Waals surface area contributed by atoms with E-state index in [1.54, 1.807) is 24.3 Å². The number of fused-ring (bicyclic) bond motifs is 1. The molecule has 0 spiro atoms. The number of rotatable bonds is 4. The van der Waals surface area contributed by atoms with Gasteiger partial charge in [0.15, 0.2) is 6.61 Å². The van der Waals surface area contributed by atoms with Crippen LogP contribution in [0.25, 0.3) is 0 Å². The molecule has 1 aliphatic carbocycles. The highest BCUT2D eigenvalue weighted by molar-refractivity contribution is 6.30. The summed E-state index contributed by atoms with van der Waals surface area (Å²) in [6.07, 6.45) is 4.73. The molecule has 114 valence electrons. The maximum atomic E-state index is 11.9. The number of benzene rings is 2. The molecule has 0 aliphatic heterocycles. The Morgan fingerprint density at radius 3 is 2.73 bits per heavy atom. The highest BCUT2D eigenvalue weighted by Crippen LogP contribution is 2.25. The number of carbonyl (C=O) groups is 1. The molecule has 22 heavy (non-hydrogen) atoms. The quantitative estimate of drug-likeness (QED) is 0.916. The molecule has 0 atom stereocenters. The van der Waals surface area contributed by atoms with Gasteiger partial charge in [-0.2, -0.15) is 0 Å². The van der Waals surface area contributed by atoms with Gasteiger partial charge in [0.1, 0.15) is 5.75 Å². The summed E-state index contributed by atoms with van der Waals surface area (Å²) in [5.74, 6) is 0.557. The fourth-order valence-electron chi connectivity index (χ4n) is 2.71. The third kappa shape index (κ3) is 3.80. The summed E-state index contributed by atoms with van der Waals surface area (Å²) in [6.45, 7) is -0.00863. The molecular formula is C18H18ClNO2. The molecule has 0 saturated carbocycles. The summed E-state index contributed by atoms with van der Waals surface area (Å²) in [5.41, 5.74) is 3.42. The minimum Gasteiger partial charge on any atom is -0.484 e. The minimum absolute atomic E-state index is 0.00863. The Hall–Kier alpha value is -2.00. The average molecular weight is 316 g/mol. The lowest BCUT2D eigenvalue weighted by Crippen LogP contribution is -2.20. The monoisotopic (exact) mass is 315 g/mol. The second-order valence-electron chi connectivity index (χ2n) is 5.48. The second-order valence-corrected chi connectivity index (χ2v) is 5.92. The fourth-order valence-corrected chi connectivity index (χ4v) is 2.90. The van der Waals surface area contributed by atoms with Crippen molar-refractivity contribution in [1.29, 1.82) is 0 Å². The Balaban J connectivity index is 1.57. The number of hydrogen-bond donors (Lipinski definition) is 1. The van der Waals surface area contributed by atoms with Crippen LogP contribution in [0.2, 0.25) is 5.02 Å². The lowest BCUT2D eigenvalue weighted by atomic mass is 9.92. The van der Waals surface area contributed by atoms with Crippen LogP contribution in [0.1, 0.15) is 24.0 Å². The number of anilines is 1. The van der Waals surface area contributed by atoms with Crippen molar-refractivity contribution in [3.05, 3.63) is 58.6 Å². The lowest BCUT2D eigenvalue weighted by Gasteiger charge is -2.16. The van der Waals surface area contributed by atoms with Gasteiger partial charge >= 0.3 is 0 Å². The third-order valence-corrected chi connectivity index (χ3v) is 4.03. The van der Waals surface area contributed by atoms with Crippen molar-refractivity contribution in [1.82, 2.24) is 0 Å². The van der Waals surface area contributed by atoms with Crippen molar-refractivity contribution in [2.75, 3.05) is 11.9 Å². The molecule has 0 bridgehead atoms. The van der Waals surface area contributed by atoms with E-state index in [2.05, 4.69) is 17.4 Å². The van der Waals surface area contributed by atoms with E-state index in [0.717, 1.165) is 18.6 Å². The summed E-state index contributed by atoms with van der Waals surface area (Å²) in [7, 11) is 0. The van der Waals surface area contributed by atoms with E-state index >= 15 is 0 Å². The third-order valence-electron chi connectivity index (χ3n) is 3.80. The van der Waals surface area contributed by atoms with Crippen LogP contribution in [-0.4, -0.2) is 12.5 Å². The molecule has 1 aliphatic rings. The van der Waals surface area contributed by atoms with Crippen molar-refractivity contribution >= 4 is 23.2 Å². The molecule has 0 aromatic heterocycles. The summed E-state index contributed by atoms with van der Waals surface area (Å²) >= 11 is 5.89. The molecule has 2 aromatic carbocycles.